The first-order chi connectivity index (χ1) is 23.4. The SMILES string of the molecule is CCO.COc1cc(C(O)CCC(C)CCCc2ccc(CCCCN=C(N)NC(=O)c3nc(Cl)c(N)nc3N)cc2)ccc1O.O=C=O. The average molecular weight is 702 g/mol. The van der Waals surface area contributed by atoms with Gasteiger partial charge >= 0.3 is 6.15 Å². The number of ether oxygens (including phenoxy) is 1. The van der Waals surface area contributed by atoms with Crippen molar-refractivity contribution in [2.75, 3.05) is 31.7 Å². The maximum absolute atomic E-state index is 12.3. The smallest absolute Gasteiger partial charge is 0.373 e. The molecule has 1 heterocycles. The normalized spacial score (nSPS) is 11.9. The second-order valence-corrected chi connectivity index (χ2v) is 11.4. The van der Waals surface area contributed by atoms with Gasteiger partial charge in [0, 0.05) is 13.2 Å². The number of phenolic OH excluding ortho intramolecular Hbond substituents is 1. The summed E-state index contributed by atoms with van der Waals surface area (Å²) in [4.78, 5) is 40.3. The number of guanidine groups is 1. The molecule has 49 heavy (non-hydrogen) atoms. The van der Waals surface area contributed by atoms with E-state index in [1.165, 1.54) is 18.2 Å². The van der Waals surface area contributed by atoms with E-state index >= 15 is 0 Å². The Kier molecular flexibility index (Phi) is 20.3. The van der Waals surface area contributed by atoms with Crippen molar-refractivity contribution in [2.45, 2.75) is 71.3 Å². The lowest BCUT2D eigenvalue weighted by molar-refractivity contribution is -0.191. The van der Waals surface area contributed by atoms with E-state index in [-0.39, 0.29) is 47.0 Å². The van der Waals surface area contributed by atoms with Crippen LogP contribution in [0.4, 0.5) is 11.6 Å². The molecule has 3 rings (SSSR count). The molecule has 15 heteroatoms. The van der Waals surface area contributed by atoms with Gasteiger partial charge in [0.1, 0.15) is 0 Å². The van der Waals surface area contributed by atoms with Gasteiger partial charge in [-0.3, -0.25) is 15.1 Å². The van der Waals surface area contributed by atoms with Crippen LogP contribution in [0.15, 0.2) is 47.5 Å². The van der Waals surface area contributed by atoms with Crippen molar-refractivity contribution in [3.8, 4) is 11.5 Å². The number of aliphatic hydroxyl groups is 2. The van der Waals surface area contributed by atoms with Gasteiger partial charge in [-0.25, -0.2) is 9.97 Å². The number of carbonyl (C=O) groups is 1. The quantitative estimate of drug-likeness (QED) is 0.0676. The number of phenols is 1. The minimum absolute atomic E-state index is 0.0352. The fourth-order valence-electron chi connectivity index (χ4n) is 4.65. The first kappa shape index (κ1) is 42.3. The maximum Gasteiger partial charge on any atom is 0.373 e. The lowest BCUT2D eigenvalue weighted by atomic mass is 9.93. The molecular weight excluding hydrogens is 654 g/mol. The van der Waals surface area contributed by atoms with Crippen LogP contribution in [0.3, 0.4) is 0 Å². The molecule has 1 amide bonds. The molecule has 2 aromatic carbocycles. The van der Waals surface area contributed by atoms with Gasteiger partial charge in [0.25, 0.3) is 5.91 Å². The summed E-state index contributed by atoms with van der Waals surface area (Å²) >= 11 is 5.81. The predicted molar refractivity (Wildman–Crippen MR) is 188 cm³/mol. The van der Waals surface area contributed by atoms with Gasteiger partial charge < -0.3 is 37.3 Å². The zero-order valence-electron chi connectivity index (χ0n) is 28.2. The summed E-state index contributed by atoms with van der Waals surface area (Å²) in [5.74, 6) is 0.0470. The highest BCUT2D eigenvalue weighted by Crippen LogP contribution is 2.31. The fourth-order valence-corrected chi connectivity index (χ4v) is 4.77. The van der Waals surface area contributed by atoms with Crippen molar-refractivity contribution < 1.29 is 34.4 Å². The first-order valence-electron chi connectivity index (χ1n) is 15.8. The Morgan fingerprint density at radius 1 is 1.00 bits per heavy atom. The van der Waals surface area contributed by atoms with Gasteiger partial charge in [0.2, 0.25) is 0 Å². The molecule has 1 aromatic heterocycles. The number of aryl methyl sites for hydroxylation is 2. The Labute approximate surface area is 291 Å². The van der Waals surface area contributed by atoms with E-state index in [2.05, 4.69) is 51.5 Å². The number of hydrogen-bond acceptors (Lipinski definition) is 12. The summed E-state index contributed by atoms with van der Waals surface area (Å²) in [6.45, 7) is 4.62. The Hall–Kier alpha value is -4.75. The van der Waals surface area contributed by atoms with Crippen molar-refractivity contribution in [3.05, 3.63) is 70.0 Å². The van der Waals surface area contributed by atoms with Gasteiger partial charge in [-0.15, -0.1) is 0 Å². The zero-order chi connectivity index (χ0) is 36.8. The number of benzene rings is 2. The van der Waals surface area contributed by atoms with E-state index < -0.39 is 12.0 Å². The summed E-state index contributed by atoms with van der Waals surface area (Å²) in [7, 11) is 1.50. The lowest BCUT2D eigenvalue weighted by Crippen LogP contribution is -2.38. The van der Waals surface area contributed by atoms with Crippen molar-refractivity contribution in [3.63, 3.8) is 0 Å². The van der Waals surface area contributed by atoms with Gasteiger partial charge in [0.15, 0.2) is 39.9 Å². The molecule has 0 radical (unpaired) electrons. The number of hydrogen-bond donors (Lipinski definition) is 7. The van der Waals surface area contributed by atoms with Crippen LogP contribution in [-0.2, 0) is 22.4 Å². The highest BCUT2D eigenvalue weighted by Gasteiger charge is 2.17. The molecule has 0 aliphatic carbocycles. The van der Waals surface area contributed by atoms with Gasteiger partial charge in [-0.2, -0.15) is 9.59 Å². The second-order valence-electron chi connectivity index (χ2n) is 11.0. The van der Waals surface area contributed by atoms with Crippen LogP contribution >= 0.6 is 11.6 Å². The number of halogens is 1. The minimum Gasteiger partial charge on any atom is -0.504 e. The molecule has 0 saturated carbocycles. The molecule has 0 aliphatic heterocycles. The monoisotopic (exact) mass is 701 g/mol. The number of nitrogens with two attached hydrogens (primary N) is 3. The highest BCUT2D eigenvalue weighted by atomic mass is 35.5. The number of rotatable bonds is 15. The van der Waals surface area contributed by atoms with E-state index in [1.54, 1.807) is 25.1 Å². The van der Waals surface area contributed by atoms with E-state index in [9.17, 15) is 15.0 Å². The largest absolute Gasteiger partial charge is 0.504 e. The molecule has 0 bridgehead atoms. The topological polar surface area (TPSA) is 249 Å². The number of aliphatic hydroxyl groups excluding tert-OH is 2. The van der Waals surface area contributed by atoms with Crippen molar-refractivity contribution in [2.24, 2.45) is 16.6 Å². The number of aliphatic imine (C=N–C) groups is 1. The molecule has 14 nitrogen and oxygen atoms in total. The third kappa shape index (κ3) is 16.3. The molecule has 10 N–H and O–H groups in total. The number of nitrogen functional groups attached to an aromatic ring is 2. The number of aromatic nitrogens is 2. The van der Waals surface area contributed by atoms with E-state index in [1.807, 2.05) is 0 Å². The second kappa shape index (κ2) is 23.6. The maximum atomic E-state index is 12.3. The summed E-state index contributed by atoms with van der Waals surface area (Å²) < 4.78 is 5.14. The number of nitrogens with one attached hydrogen (secondary N) is 1. The van der Waals surface area contributed by atoms with Crippen molar-refractivity contribution >= 4 is 41.3 Å². The third-order valence-electron chi connectivity index (χ3n) is 7.22. The van der Waals surface area contributed by atoms with Crippen LogP contribution in [0.2, 0.25) is 5.15 Å². The van der Waals surface area contributed by atoms with Crippen LogP contribution in [-0.4, -0.2) is 63.6 Å². The van der Waals surface area contributed by atoms with E-state index in [0.717, 1.165) is 50.5 Å². The predicted octanol–water partition coefficient (Wildman–Crippen LogP) is 3.96. The van der Waals surface area contributed by atoms with Crippen LogP contribution in [0.5, 0.6) is 11.5 Å². The summed E-state index contributed by atoms with van der Waals surface area (Å²) in [6.07, 6.45) is 7.11. The molecule has 0 aliphatic rings. The van der Waals surface area contributed by atoms with Crippen molar-refractivity contribution in [1.82, 2.24) is 15.3 Å². The van der Waals surface area contributed by atoms with E-state index in [4.69, 9.17) is 48.2 Å². The average Bonchev–Trinajstić information content (AvgIpc) is 3.06. The third-order valence-corrected chi connectivity index (χ3v) is 7.50. The molecular formula is C34H48ClN7O7. The summed E-state index contributed by atoms with van der Waals surface area (Å²) in [6, 6.07) is 13.7. The Bertz CT molecular complexity index is 1500. The zero-order valence-corrected chi connectivity index (χ0v) is 28.9. The van der Waals surface area contributed by atoms with Crippen LogP contribution < -0.4 is 27.3 Å². The lowest BCUT2D eigenvalue weighted by Gasteiger charge is -2.16. The molecule has 0 saturated heterocycles. The molecule has 0 fully saturated rings. The molecule has 3 aromatic rings. The number of amides is 1. The number of nitrogens with zero attached hydrogens (tertiary/aromatic N) is 3. The number of anilines is 2. The van der Waals surface area contributed by atoms with Crippen LogP contribution in [0.25, 0.3) is 0 Å². The Balaban J connectivity index is 0.00000186. The molecule has 0 spiro atoms. The molecule has 2 unspecified atom stereocenters. The summed E-state index contributed by atoms with van der Waals surface area (Å²) in [5.41, 5.74) is 20.2. The number of carbonyl (C=O) groups excluding carboxylic acids is 3. The molecule has 268 valence electrons. The van der Waals surface area contributed by atoms with Gasteiger partial charge in [-0.05, 0) is 86.6 Å². The Morgan fingerprint density at radius 3 is 2.18 bits per heavy atom. The standard InChI is InChI=1S/C31H42ClN7O4.C2H6O.CO2/c1-19(9-15-23(40)22-14-16-24(41)25(18-22)43-2)6-5-8-21-12-10-20(11-13-21)7-3-4-17-36-31(35)39-30(42)26-28(33)38-29(34)27(32)37-26;1-2-3;2-1-3/h10-14,16,18-19,23,40-41H,3-9,15,17H2,1-2H3,(H4,33,34,38)(H3,35,36,39,42);3H,2H2,1H3;. The van der Waals surface area contributed by atoms with Crippen LogP contribution in [0.1, 0.15) is 85.7 Å². The van der Waals surface area contributed by atoms with Gasteiger partial charge in [-0.1, -0.05) is 55.3 Å². The van der Waals surface area contributed by atoms with Gasteiger partial charge in [0.05, 0.1) is 13.2 Å². The molecule has 2 atom stereocenters. The Morgan fingerprint density at radius 2 is 1.59 bits per heavy atom. The first-order valence-corrected chi connectivity index (χ1v) is 16.2. The minimum atomic E-state index is -0.659. The highest BCUT2D eigenvalue weighted by molar-refractivity contribution is 6.31. The number of methoxy groups -OCH3 is 1. The summed E-state index contributed by atoms with van der Waals surface area (Å²) in [5, 5.41) is 30.2. The van der Waals surface area contributed by atoms with E-state index in [0.29, 0.717) is 24.6 Å². The number of unbranched alkanes of at least 4 members (excludes halogenated alkanes) is 1. The van der Waals surface area contributed by atoms with Crippen molar-refractivity contribution in [1.29, 1.82) is 0 Å². The van der Waals surface area contributed by atoms with Crippen LogP contribution in [0, 0.1) is 5.92 Å². The number of aromatic hydroxyl groups is 1. The fraction of sp³-hybridized carbons (Fsp3) is 0.441.